The first-order chi connectivity index (χ1) is 6.91. The largest absolute Gasteiger partial charge is 0.297 e. The third-order valence-corrected chi connectivity index (χ3v) is 4.27. The van der Waals surface area contributed by atoms with E-state index in [0.717, 1.165) is 6.26 Å². The fourth-order valence-electron chi connectivity index (χ4n) is 1.36. The van der Waals surface area contributed by atoms with Gasteiger partial charge in [-0.05, 0) is 28.1 Å². The molecule has 2 rings (SSSR count). The maximum atomic E-state index is 11.4. The molecule has 5 nitrogen and oxygen atoms in total. The lowest BCUT2D eigenvalue weighted by Crippen LogP contribution is -2.02. The van der Waals surface area contributed by atoms with E-state index in [2.05, 4.69) is 26.1 Å². The second-order valence-corrected chi connectivity index (χ2v) is 5.93. The van der Waals surface area contributed by atoms with Crippen LogP contribution in [-0.4, -0.2) is 24.9 Å². The van der Waals surface area contributed by atoms with Gasteiger partial charge in [0.15, 0.2) is 9.84 Å². The number of aromatic amines is 2. The molecule has 0 aliphatic carbocycles. The SMILES string of the molecule is CS(=O)(=O)c1ccc2[nH][nH]c(=O)c2c1Br. The van der Waals surface area contributed by atoms with Crippen molar-refractivity contribution in [2.45, 2.75) is 4.90 Å². The van der Waals surface area contributed by atoms with E-state index < -0.39 is 9.84 Å². The van der Waals surface area contributed by atoms with Gasteiger partial charge in [0, 0.05) is 6.26 Å². The van der Waals surface area contributed by atoms with Gasteiger partial charge in [-0.25, -0.2) is 8.42 Å². The zero-order chi connectivity index (χ0) is 11.2. The standard InChI is InChI=1S/C8H7BrN2O3S/c1-15(13,14)5-3-2-4-6(7(5)9)8(12)11-10-4/h2-3H,1H3,(H2,10,11,12). The average Bonchev–Trinajstić information content (AvgIpc) is 2.46. The van der Waals surface area contributed by atoms with Crippen molar-refractivity contribution in [1.82, 2.24) is 10.2 Å². The molecule has 0 amide bonds. The number of rotatable bonds is 1. The molecule has 1 aromatic heterocycles. The van der Waals surface area contributed by atoms with Gasteiger partial charge in [0.25, 0.3) is 5.56 Å². The summed E-state index contributed by atoms with van der Waals surface area (Å²) in [7, 11) is -3.33. The second kappa shape index (κ2) is 3.21. The van der Waals surface area contributed by atoms with Crippen LogP contribution in [0.25, 0.3) is 10.9 Å². The number of sulfone groups is 1. The predicted octanol–water partition coefficient (Wildman–Crippen LogP) is 1.02. The summed E-state index contributed by atoms with van der Waals surface area (Å²) in [5.41, 5.74) is 0.224. The molecule has 1 heterocycles. The fourth-order valence-corrected chi connectivity index (χ4v) is 3.51. The molecule has 0 saturated carbocycles. The van der Waals surface area contributed by atoms with Crippen LogP contribution in [0.1, 0.15) is 0 Å². The number of fused-ring (bicyclic) bond motifs is 1. The minimum absolute atomic E-state index is 0.111. The molecule has 2 aromatic rings. The molecule has 1 aromatic carbocycles. The first-order valence-corrected chi connectivity index (χ1v) is 6.68. The Kier molecular flexibility index (Phi) is 2.23. The molecule has 0 saturated heterocycles. The van der Waals surface area contributed by atoms with Gasteiger partial charge in [0.2, 0.25) is 0 Å². The summed E-state index contributed by atoms with van der Waals surface area (Å²) in [6.45, 7) is 0. The van der Waals surface area contributed by atoms with Gasteiger partial charge >= 0.3 is 0 Å². The Labute approximate surface area is 93.5 Å². The highest BCUT2D eigenvalue weighted by Crippen LogP contribution is 2.27. The quantitative estimate of drug-likeness (QED) is 0.823. The molecular weight excluding hydrogens is 284 g/mol. The van der Waals surface area contributed by atoms with E-state index in [0.29, 0.717) is 15.4 Å². The van der Waals surface area contributed by atoms with Crippen molar-refractivity contribution in [3.05, 3.63) is 27.0 Å². The normalized spacial score (nSPS) is 12.1. The van der Waals surface area contributed by atoms with E-state index in [1.54, 1.807) is 6.07 Å². The summed E-state index contributed by atoms with van der Waals surface area (Å²) >= 11 is 3.13. The minimum Gasteiger partial charge on any atom is -0.297 e. The third kappa shape index (κ3) is 1.61. The van der Waals surface area contributed by atoms with Crippen molar-refractivity contribution in [1.29, 1.82) is 0 Å². The molecule has 0 aliphatic rings. The van der Waals surface area contributed by atoms with Crippen LogP contribution in [0.5, 0.6) is 0 Å². The highest BCUT2D eigenvalue weighted by Gasteiger charge is 2.16. The van der Waals surface area contributed by atoms with Crippen molar-refractivity contribution in [2.75, 3.05) is 6.26 Å². The van der Waals surface area contributed by atoms with Crippen molar-refractivity contribution >= 4 is 36.7 Å². The lowest BCUT2D eigenvalue weighted by atomic mass is 10.2. The Morgan fingerprint density at radius 1 is 1.27 bits per heavy atom. The maximum Gasteiger partial charge on any atom is 0.272 e. The molecule has 0 aliphatic heterocycles. The van der Waals surface area contributed by atoms with Crippen molar-refractivity contribution in [3.63, 3.8) is 0 Å². The lowest BCUT2D eigenvalue weighted by Gasteiger charge is -2.01. The van der Waals surface area contributed by atoms with E-state index in [1.165, 1.54) is 6.07 Å². The van der Waals surface area contributed by atoms with Gasteiger partial charge in [-0.2, -0.15) is 0 Å². The molecule has 80 valence electrons. The first-order valence-electron chi connectivity index (χ1n) is 4.00. The summed E-state index contributed by atoms with van der Waals surface area (Å²) in [5, 5.41) is 5.35. The van der Waals surface area contributed by atoms with Crippen molar-refractivity contribution in [2.24, 2.45) is 0 Å². The number of H-pyrrole nitrogens is 2. The maximum absolute atomic E-state index is 11.4. The summed E-state index contributed by atoms with van der Waals surface area (Å²) in [5.74, 6) is 0. The molecule has 0 fully saturated rings. The van der Waals surface area contributed by atoms with E-state index in [4.69, 9.17) is 0 Å². The van der Waals surface area contributed by atoms with Gasteiger partial charge in [-0.1, -0.05) is 0 Å². The van der Waals surface area contributed by atoms with Crippen molar-refractivity contribution in [3.8, 4) is 0 Å². The molecule has 7 heteroatoms. The summed E-state index contributed by atoms with van der Waals surface area (Å²) in [4.78, 5) is 11.5. The summed E-state index contributed by atoms with van der Waals surface area (Å²) in [6, 6.07) is 3.00. The van der Waals surface area contributed by atoms with Crippen molar-refractivity contribution < 1.29 is 8.42 Å². The summed E-state index contributed by atoms with van der Waals surface area (Å²) < 4.78 is 23.1. The van der Waals surface area contributed by atoms with Crippen LogP contribution in [0.3, 0.4) is 0 Å². The van der Waals surface area contributed by atoms with E-state index in [-0.39, 0.29) is 10.5 Å². The van der Waals surface area contributed by atoms with Crippen LogP contribution in [0.2, 0.25) is 0 Å². The number of aromatic nitrogens is 2. The van der Waals surface area contributed by atoms with Crippen LogP contribution in [0.4, 0.5) is 0 Å². The smallest absolute Gasteiger partial charge is 0.272 e. The van der Waals surface area contributed by atoms with E-state index in [1.807, 2.05) is 0 Å². The Morgan fingerprint density at radius 3 is 2.53 bits per heavy atom. The minimum atomic E-state index is -3.33. The van der Waals surface area contributed by atoms with E-state index in [9.17, 15) is 13.2 Å². The van der Waals surface area contributed by atoms with Crippen LogP contribution >= 0.6 is 15.9 Å². The molecule has 0 radical (unpaired) electrons. The molecule has 2 N–H and O–H groups in total. The first kappa shape index (κ1) is 10.4. The zero-order valence-corrected chi connectivity index (χ0v) is 10.1. The second-order valence-electron chi connectivity index (χ2n) is 3.15. The van der Waals surface area contributed by atoms with Gasteiger partial charge in [0.05, 0.1) is 20.3 Å². The highest BCUT2D eigenvalue weighted by atomic mass is 79.9. The third-order valence-electron chi connectivity index (χ3n) is 2.04. The van der Waals surface area contributed by atoms with E-state index >= 15 is 0 Å². The van der Waals surface area contributed by atoms with Crippen LogP contribution in [0.15, 0.2) is 26.3 Å². The lowest BCUT2D eigenvalue weighted by molar-refractivity contribution is 0.601. The molecule has 0 unspecified atom stereocenters. The number of hydrogen-bond acceptors (Lipinski definition) is 3. The molecule has 0 bridgehead atoms. The van der Waals surface area contributed by atoms with Gasteiger partial charge in [0.1, 0.15) is 0 Å². The van der Waals surface area contributed by atoms with Gasteiger partial charge in [-0.15, -0.1) is 0 Å². The highest BCUT2D eigenvalue weighted by molar-refractivity contribution is 9.10. The molecule has 15 heavy (non-hydrogen) atoms. The van der Waals surface area contributed by atoms with Crippen LogP contribution in [-0.2, 0) is 9.84 Å². The topological polar surface area (TPSA) is 82.8 Å². The predicted molar refractivity (Wildman–Crippen MR) is 59.7 cm³/mol. The monoisotopic (exact) mass is 290 g/mol. The van der Waals surface area contributed by atoms with Crippen LogP contribution in [0, 0.1) is 0 Å². The Hall–Kier alpha value is -1.08. The fraction of sp³-hybridized carbons (Fsp3) is 0.125. The number of halogens is 1. The number of hydrogen-bond donors (Lipinski definition) is 2. The molecule has 0 atom stereocenters. The Morgan fingerprint density at radius 2 is 1.93 bits per heavy atom. The Bertz CT molecular complexity index is 683. The zero-order valence-electron chi connectivity index (χ0n) is 7.67. The Balaban J connectivity index is 2.99. The number of nitrogens with one attached hydrogen (secondary N) is 2. The number of benzene rings is 1. The van der Waals surface area contributed by atoms with Gasteiger partial charge in [-0.3, -0.25) is 15.0 Å². The van der Waals surface area contributed by atoms with Gasteiger partial charge < -0.3 is 0 Å². The average molecular weight is 291 g/mol. The van der Waals surface area contributed by atoms with Crippen LogP contribution < -0.4 is 5.56 Å². The summed E-state index contributed by atoms with van der Waals surface area (Å²) in [6.07, 6.45) is 1.10. The molecule has 0 spiro atoms. The molecular formula is C8H7BrN2O3S.